The molecule has 3 rings (SSSR count). The van der Waals surface area contributed by atoms with Gasteiger partial charge < -0.3 is 5.32 Å². The molecular weight excluding hydrogens is 272 g/mol. The quantitative estimate of drug-likeness (QED) is 0.569. The fourth-order valence-electron chi connectivity index (χ4n) is 1.95. The van der Waals surface area contributed by atoms with Gasteiger partial charge in [0.05, 0.1) is 16.6 Å². The number of fused-ring (bicyclic) bond motifs is 1. The van der Waals surface area contributed by atoms with Crippen LogP contribution in [0.3, 0.4) is 0 Å². The third kappa shape index (κ3) is 2.57. The van der Waals surface area contributed by atoms with Crippen molar-refractivity contribution in [1.29, 1.82) is 0 Å². The topological polar surface area (TPSA) is 101 Å². The summed E-state index contributed by atoms with van der Waals surface area (Å²) >= 11 is 0. The lowest BCUT2D eigenvalue weighted by Gasteiger charge is -2.05. The molecule has 0 aliphatic rings. The van der Waals surface area contributed by atoms with E-state index in [-0.39, 0.29) is 11.6 Å². The number of non-ortho nitro benzene ring substituents is 1. The molecule has 7 heteroatoms. The number of benzene rings is 2. The van der Waals surface area contributed by atoms with Crippen LogP contribution >= 0.6 is 0 Å². The number of aromatic amines is 1. The van der Waals surface area contributed by atoms with Crippen molar-refractivity contribution in [2.24, 2.45) is 0 Å². The molecule has 2 aromatic carbocycles. The van der Waals surface area contributed by atoms with Crippen LogP contribution in [-0.4, -0.2) is 21.0 Å². The Morgan fingerprint density at radius 2 is 1.95 bits per heavy atom. The molecule has 0 fully saturated rings. The van der Waals surface area contributed by atoms with Crippen molar-refractivity contribution in [3.8, 4) is 0 Å². The van der Waals surface area contributed by atoms with Crippen LogP contribution in [0.1, 0.15) is 10.4 Å². The maximum atomic E-state index is 12.1. The number of anilines is 1. The van der Waals surface area contributed by atoms with Gasteiger partial charge in [0, 0.05) is 28.8 Å². The van der Waals surface area contributed by atoms with Gasteiger partial charge >= 0.3 is 0 Å². The predicted octanol–water partition coefficient (Wildman–Crippen LogP) is 2.72. The van der Waals surface area contributed by atoms with Gasteiger partial charge in [-0.3, -0.25) is 20.0 Å². The lowest BCUT2D eigenvalue weighted by atomic mass is 10.1. The van der Waals surface area contributed by atoms with E-state index in [0.29, 0.717) is 11.3 Å². The molecule has 21 heavy (non-hydrogen) atoms. The van der Waals surface area contributed by atoms with Gasteiger partial charge in [-0.25, -0.2) is 0 Å². The van der Waals surface area contributed by atoms with E-state index in [4.69, 9.17) is 0 Å². The van der Waals surface area contributed by atoms with Crippen LogP contribution in [0.25, 0.3) is 10.9 Å². The summed E-state index contributed by atoms with van der Waals surface area (Å²) in [7, 11) is 0. The third-order valence-electron chi connectivity index (χ3n) is 3.04. The van der Waals surface area contributed by atoms with Crippen molar-refractivity contribution >= 4 is 28.2 Å². The molecule has 7 nitrogen and oxygen atoms in total. The van der Waals surface area contributed by atoms with Gasteiger partial charge in [-0.1, -0.05) is 6.07 Å². The van der Waals surface area contributed by atoms with Crippen LogP contribution in [0.15, 0.2) is 48.7 Å². The molecule has 3 aromatic rings. The predicted molar refractivity (Wildman–Crippen MR) is 77.1 cm³/mol. The lowest BCUT2D eigenvalue weighted by Crippen LogP contribution is -2.11. The van der Waals surface area contributed by atoms with E-state index in [1.807, 2.05) is 0 Å². The molecule has 0 saturated carbocycles. The smallest absolute Gasteiger partial charge is 0.269 e. The summed E-state index contributed by atoms with van der Waals surface area (Å²) in [6.45, 7) is 0. The minimum Gasteiger partial charge on any atom is -0.322 e. The molecule has 1 amide bonds. The average Bonchev–Trinajstić information content (AvgIpc) is 2.95. The van der Waals surface area contributed by atoms with Crippen molar-refractivity contribution in [3.63, 3.8) is 0 Å². The number of nitro groups is 1. The molecule has 1 heterocycles. The second-order valence-electron chi connectivity index (χ2n) is 4.43. The van der Waals surface area contributed by atoms with Gasteiger partial charge in [0.2, 0.25) is 0 Å². The fraction of sp³-hybridized carbons (Fsp3) is 0. The van der Waals surface area contributed by atoms with Crippen molar-refractivity contribution in [3.05, 3.63) is 64.3 Å². The van der Waals surface area contributed by atoms with Gasteiger partial charge in [-0.05, 0) is 24.3 Å². The van der Waals surface area contributed by atoms with E-state index in [1.54, 1.807) is 24.4 Å². The van der Waals surface area contributed by atoms with Gasteiger partial charge in [0.25, 0.3) is 11.6 Å². The maximum Gasteiger partial charge on any atom is 0.269 e. The Balaban J connectivity index is 1.80. The number of nitrogens with one attached hydrogen (secondary N) is 2. The van der Waals surface area contributed by atoms with Gasteiger partial charge in [0.1, 0.15) is 0 Å². The second-order valence-corrected chi connectivity index (χ2v) is 4.43. The second kappa shape index (κ2) is 5.04. The molecule has 0 aliphatic carbocycles. The molecule has 0 radical (unpaired) electrons. The van der Waals surface area contributed by atoms with Crippen LogP contribution in [0, 0.1) is 10.1 Å². The fourth-order valence-corrected chi connectivity index (χ4v) is 1.95. The summed E-state index contributed by atoms with van der Waals surface area (Å²) in [6, 6.07) is 10.8. The standard InChI is InChI=1S/C14H10N4O3/c19-14(9-1-2-10-8-15-17-13(10)7-9)16-11-3-5-12(6-4-11)18(20)21/h1-8H,(H,15,17)(H,16,19). The van der Waals surface area contributed by atoms with E-state index in [2.05, 4.69) is 15.5 Å². The summed E-state index contributed by atoms with van der Waals surface area (Å²) in [5.41, 5.74) is 1.72. The summed E-state index contributed by atoms with van der Waals surface area (Å²) in [6.07, 6.45) is 1.67. The molecule has 0 atom stereocenters. The van der Waals surface area contributed by atoms with Crippen LogP contribution in [0.5, 0.6) is 0 Å². The van der Waals surface area contributed by atoms with Crippen molar-refractivity contribution < 1.29 is 9.72 Å². The van der Waals surface area contributed by atoms with Gasteiger partial charge in [0.15, 0.2) is 0 Å². The molecular formula is C14H10N4O3. The molecule has 0 unspecified atom stereocenters. The highest BCUT2D eigenvalue weighted by Gasteiger charge is 2.09. The largest absolute Gasteiger partial charge is 0.322 e. The number of hydrogen-bond donors (Lipinski definition) is 2. The zero-order valence-electron chi connectivity index (χ0n) is 10.7. The highest BCUT2D eigenvalue weighted by atomic mass is 16.6. The van der Waals surface area contributed by atoms with Crippen molar-refractivity contribution in [2.45, 2.75) is 0 Å². The molecule has 1 aromatic heterocycles. The summed E-state index contributed by atoms with van der Waals surface area (Å²) in [5, 5.41) is 20.9. The molecule has 0 bridgehead atoms. The van der Waals surface area contributed by atoms with Crippen LogP contribution < -0.4 is 5.32 Å². The Bertz CT molecular complexity index is 824. The third-order valence-corrected chi connectivity index (χ3v) is 3.04. The van der Waals surface area contributed by atoms with Crippen LogP contribution in [0.4, 0.5) is 11.4 Å². The number of carbonyl (C=O) groups excluding carboxylic acids is 1. The summed E-state index contributed by atoms with van der Waals surface area (Å²) in [5.74, 6) is -0.291. The Hall–Kier alpha value is -3.22. The molecule has 104 valence electrons. The van der Waals surface area contributed by atoms with E-state index >= 15 is 0 Å². The minimum absolute atomic E-state index is 0.0214. The Morgan fingerprint density at radius 1 is 1.19 bits per heavy atom. The van der Waals surface area contributed by atoms with E-state index in [1.165, 1.54) is 24.3 Å². The van der Waals surface area contributed by atoms with Crippen molar-refractivity contribution in [1.82, 2.24) is 10.2 Å². The normalized spacial score (nSPS) is 10.5. The molecule has 0 aliphatic heterocycles. The first-order chi connectivity index (χ1) is 10.1. The number of carbonyl (C=O) groups is 1. The van der Waals surface area contributed by atoms with Gasteiger partial charge in [-0.15, -0.1) is 0 Å². The monoisotopic (exact) mass is 282 g/mol. The Labute approximate surface area is 118 Å². The SMILES string of the molecule is O=C(Nc1ccc([N+](=O)[O-])cc1)c1ccc2cn[nH]c2c1. The first-order valence-electron chi connectivity index (χ1n) is 6.12. The van der Waals surface area contributed by atoms with Gasteiger partial charge in [-0.2, -0.15) is 5.10 Å². The van der Waals surface area contributed by atoms with Crippen molar-refractivity contribution in [2.75, 3.05) is 5.32 Å². The maximum absolute atomic E-state index is 12.1. The van der Waals surface area contributed by atoms with E-state index in [0.717, 1.165) is 10.9 Å². The number of amides is 1. The lowest BCUT2D eigenvalue weighted by molar-refractivity contribution is -0.384. The van der Waals surface area contributed by atoms with Crippen LogP contribution in [0.2, 0.25) is 0 Å². The first kappa shape index (κ1) is 12.8. The number of rotatable bonds is 3. The first-order valence-corrected chi connectivity index (χ1v) is 6.12. The highest BCUT2D eigenvalue weighted by molar-refractivity contribution is 6.06. The number of H-pyrrole nitrogens is 1. The number of aromatic nitrogens is 2. The Morgan fingerprint density at radius 3 is 2.67 bits per heavy atom. The molecule has 0 spiro atoms. The van der Waals surface area contributed by atoms with E-state index in [9.17, 15) is 14.9 Å². The average molecular weight is 282 g/mol. The highest BCUT2D eigenvalue weighted by Crippen LogP contribution is 2.17. The Kier molecular flexibility index (Phi) is 3.07. The zero-order valence-corrected chi connectivity index (χ0v) is 10.7. The molecule has 0 saturated heterocycles. The minimum atomic E-state index is -0.488. The number of nitro benzene ring substituents is 1. The molecule has 2 N–H and O–H groups in total. The zero-order chi connectivity index (χ0) is 14.8. The van der Waals surface area contributed by atoms with E-state index < -0.39 is 4.92 Å². The van der Waals surface area contributed by atoms with Crippen LogP contribution in [-0.2, 0) is 0 Å². The summed E-state index contributed by atoms with van der Waals surface area (Å²) in [4.78, 5) is 22.2. The summed E-state index contributed by atoms with van der Waals surface area (Å²) < 4.78 is 0. The number of hydrogen-bond acceptors (Lipinski definition) is 4. The number of nitrogens with zero attached hydrogens (tertiary/aromatic N) is 2.